The van der Waals surface area contributed by atoms with Crippen molar-refractivity contribution in [3.8, 4) is 0 Å². The molecule has 1 aromatic carbocycles. The van der Waals surface area contributed by atoms with Crippen LogP contribution >= 0.6 is 0 Å². The molecular formula is C11H14O3. The fourth-order valence-electron chi connectivity index (χ4n) is 1.12. The Labute approximate surface area is 83.3 Å². The number of carboxylic acids is 1. The third-order valence-corrected chi connectivity index (χ3v) is 1.84. The minimum absolute atomic E-state index is 0.0484. The quantitative estimate of drug-likeness (QED) is 0.780. The maximum absolute atomic E-state index is 10.3. The summed E-state index contributed by atoms with van der Waals surface area (Å²) in [7, 11) is 0. The lowest BCUT2D eigenvalue weighted by Crippen LogP contribution is -2.13. The van der Waals surface area contributed by atoms with E-state index in [1.807, 2.05) is 30.3 Å². The lowest BCUT2D eigenvalue weighted by Gasteiger charge is -2.10. The number of carbonyl (C=O) groups is 1. The molecule has 3 nitrogen and oxygen atoms in total. The van der Waals surface area contributed by atoms with Gasteiger partial charge >= 0.3 is 5.97 Å². The van der Waals surface area contributed by atoms with Gasteiger partial charge in [0.25, 0.3) is 0 Å². The van der Waals surface area contributed by atoms with Gasteiger partial charge in [-0.05, 0) is 12.5 Å². The predicted octanol–water partition coefficient (Wildman–Crippen LogP) is 2.07. The lowest BCUT2D eigenvalue weighted by atomic mass is 10.2. The van der Waals surface area contributed by atoms with Crippen molar-refractivity contribution in [3.05, 3.63) is 35.9 Å². The number of carboxylic acid groups (broad SMARTS) is 1. The molecule has 1 atom stereocenters. The number of hydrogen-bond donors (Lipinski definition) is 1. The van der Waals surface area contributed by atoms with Crippen molar-refractivity contribution < 1.29 is 14.6 Å². The van der Waals surface area contributed by atoms with Crippen molar-refractivity contribution in [1.82, 2.24) is 0 Å². The SMILES string of the molecule is C[C@H](CC(=O)O)OCc1ccccc1. The molecule has 1 N–H and O–H groups in total. The highest BCUT2D eigenvalue weighted by molar-refractivity contribution is 5.67. The van der Waals surface area contributed by atoms with Crippen molar-refractivity contribution in [2.24, 2.45) is 0 Å². The largest absolute Gasteiger partial charge is 0.481 e. The van der Waals surface area contributed by atoms with Crippen molar-refractivity contribution in [3.63, 3.8) is 0 Å². The third kappa shape index (κ3) is 4.05. The molecule has 0 unspecified atom stereocenters. The Bertz CT molecular complexity index is 282. The molecule has 0 amide bonds. The molecule has 0 aliphatic heterocycles. The highest BCUT2D eigenvalue weighted by Crippen LogP contribution is 2.05. The van der Waals surface area contributed by atoms with E-state index in [4.69, 9.17) is 9.84 Å². The van der Waals surface area contributed by atoms with Crippen LogP contribution in [0.2, 0.25) is 0 Å². The Morgan fingerprint density at radius 1 is 1.43 bits per heavy atom. The minimum atomic E-state index is -0.828. The number of ether oxygens (including phenoxy) is 1. The van der Waals surface area contributed by atoms with E-state index < -0.39 is 5.97 Å². The molecule has 0 fully saturated rings. The fraction of sp³-hybridized carbons (Fsp3) is 0.364. The molecule has 76 valence electrons. The summed E-state index contributed by atoms with van der Waals surface area (Å²) in [4.78, 5) is 10.3. The molecule has 0 heterocycles. The van der Waals surface area contributed by atoms with Crippen LogP contribution in [0, 0.1) is 0 Å². The van der Waals surface area contributed by atoms with Crippen molar-refractivity contribution in [2.45, 2.75) is 26.1 Å². The summed E-state index contributed by atoms with van der Waals surface area (Å²) in [5, 5.41) is 8.50. The second-order valence-corrected chi connectivity index (χ2v) is 3.21. The number of rotatable bonds is 5. The van der Waals surface area contributed by atoms with Gasteiger partial charge < -0.3 is 9.84 Å². The third-order valence-electron chi connectivity index (χ3n) is 1.84. The van der Waals surface area contributed by atoms with Gasteiger partial charge in [-0.3, -0.25) is 4.79 Å². The molecule has 1 rings (SSSR count). The lowest BCUT2D eigenvalue weighted by molar-refractivity contribution is -0.140. The van der Waals surface area contributed by atoms with E-state index in [2.05, 4.69) is 0 Å². The van der Waals surface area contributed by atoms with Gasteiger partial charge in [-0.15, -0.1) is 0 Å². The van der Waals surface area contributed by atoms with Gasteiger partial charge in [-0.2, -0.15) is 0 Å². The average molecular weight is 194 g/mol. The van der Waals surface area contributed by atoms with E-state index in [1.165, 1.54) is 0 Å². The maximum atomic E-state index is 10.3. The van der Waals surface area contributed by atoms with Crippen LogP contribution in [0.5, 0.6) is 0 Å². The predicted molar refractivity (Wildman–Crippen MR) is 52.9 cm³/mol. The second-order valence-electron chi connectivity index (χ2n) is 3.21. The highest BCUT2D eigenvalue weighted by atomic mass is 16.5. The Hall–Kier alpha value is -1.35. The molecule has 1 aromatic rings. The topological polar surface area (TPSA) is 46.5 Å². The van der Waals surface area contributed by atoms with Crippen LogP contribution in [-0.4, -0.2) is 17.2 Å². The van der Waals surface area contributed by atoms with E-state index in [1.54, 1.807) is 6.92 Å². The summed E-state index contributed by atoms with van der Waals surface area (Å²) in [6.07, 6.45) is -0.194. The number of benzene rings is 1. The van der Waals surface area contributed by atoms with Gasteiger partial charge in [0.15, 0.2) is 0 Å². The molecule has 0 aliphatic rings. The van der Waals surface area contributed by atoms with Crippen LogP contribution in [0.1, 0.15) is 18.9 Å². The van der Waals surface area contributed by atoms with Crippen LogP contribution in [-0.2, 0) is 16.1 Å². The van der Waals surface area contributed by atoms with Gasteiger partial charge in [0.2, 0.25) is 0 Å². The summed E-state index contributed by atoms with van der Waals surface area (Å²) in [5.41, 5.74) is 1.06. The molecule has 3 heteroatoms. The highest BCUT2D eigenvalue weighted by Gasteiger charge is 2.07. The first kappa shape index (κ1) is 10.7. The van der Waals surface area contributed by atoms with Crippen LogP contribution in [0.4, 0.5) is 0 Å². The monoisotopic (exact) mass is 194 g/mol. The molecule has 0 aliphatic carbocycles. The number of aliphatic carboxylic acids is 1. The smallest absolute Gasteiger partial charge is 0.305 e. The summed E-state index contributed by atoms with van der Waals surface area (Å²) in [5.74, 6) is -0.828. The van der Waals surface area contributed by atoms with Crippen LogP contribution in [0.25, 0.3) is 0 Å². The van der Waals surface area contributed by atoms with Crippen LogP contribution in [0.15, 0.2) is 30.3 Å². The van der Waals surface area contributed by atoms with Gasteiger partial charge in [-0.25, -0.2) is 0 Å². The fourth-order valence-corrected chi connectivity index (χ4v) is 1.12. The van der Waals surface area contributed by atoms with Crippen molar-refractivity contribution >= 4 is 5.97 Å². The maximum Gasteiger partial charge on any atom is 0.305 e. The summed E-state index contributed by atoms with van der Waals surface area (Å²) in [6.45, 7) is 2.23. The van der Waals surface area contributed by atoms with Gasteiger partial charge in [-0.1, -0.05) is 30.3 Å². The van der Waals surface area contributed by atoms with E-state index >= 15 is 0 Å². The normalized spacial score (nSPS) is 12.4. The Morgan fingerprint density at radius 2 is 2.07 bits per heavy atom. The molecule has 0 bridgehead atoms. The van der Waals surface area contributed by atoms with E-state index in [0.29, 0.717) is 6.61 Å². The molecule has 0 radical (unpaired) electrons. The van der Waals surface area contributed by atoms with E-state index in [9.17, 15) is 4.79 Å². The van der Waals surface area contributed by atoms with Crippen molar-refractivity contribution in [2.75, 3.05) is 0 Å². The molecule has 0 saturated heterocycles. The van der Waals surface area contributed by atoms with Gasteiger partial charge in [0.05, 0.1) is 19.1 Å². The first-order valence-corrected chi connectivity index (χ1v) is 4.56. The minimum Gasteiger partial charge on any atom is -0.481 e. The average Bonchev–Trinajstić information content (AvgIpc) is 2.15. The zero-order valence-electron chi connectivity index (χ0n) is 8.14. The van der Waals surface area contributed by atoms with Crippen molar-refractivity contribution in [1.29, 1.82) is 0 Å². The van der Waals surface area contributed by atoms with Crippen LogP contribution in [0.3, 0.4) is 0 Å². The zero-order valence-corrected chi connectivity index (χ0v) is 8.14. The zero-order chi connectivity index (χ0) is 10.4. The van der Waals surface area contributed by atoms with Gasteiger partial charge in [0, 0.05) is 0 Å². The molecule has 0 spiro atoms. The molecule has 14 heavy (non-hydrogen) atoms. The first-order chi connectivity index (χ1) is 6.68. The standard InChI is InChI=1S/C11H14O3/c1-9(7-11(12)13)14-8-10-5-3-2-4-6-10/h2-6,9H,7-8H2,1H3,(H,12,13)/t9-/m1/s1. The summed E-state index contributed by atoms with van der Waals surface area (Å²) in [6, 6.07) is 9.70. The molecule has 0 aromatic heterocycles. The van der Waals surface area contributed by atoms with Gasteiger partial charge in [0.1, 0.15) is 0 Å². The molecular weight excluding hydrogens is 180 g/mol. The Morgan fingerprint density at radius 3 is 2.64 bits per heavy atom. The summed E-state index contributed by atoms with van der Waals surface area (Å²) < 4.78 is 5.36. The van der Waals surface area contributed by atoms with Crippen LogP contribution < -0.4 is 0 Å². The Balaban J connectivity index is 2.30. The molecule has 0 saturated carbocycles. The number of hydrogen-bond acceptors (Lipinski definition) is 2. The van der Waals surface area contributed by atoms with E-state index in [-0.39, 0.29) is 12.5 Å². The summed E-state index contributed by atoms with van der Waals surface area (Å²) >= 11 is 0. The van der Waals surface area contributed by atoms with E-state index in [0.717, 1.165) is 5.56 Å². The second kappa shape index (κ2) is 5.40. The Kier molecular flexibility index (Phi) is 4.13. The first-order valence-electron chi connectivity index (χ1n) is 4.56.